The minimum absolute atomic E-state index is 0.151. The summed E-state index contributed by atoms with van der Waals surface area (Å²) in [5.41, 5.74) is 0. The predicted molar refractivity (Wildman–Crippen MR) is 63.1 cm³/mol. The van der Waals surface area contributed by atoms with E-state index in [9.17, 15) is 4.57 Å². The van der Waals surface area contributed by atoms with Gasteiger partial charge in [-0.1, -0.05) is 0 Å². The molecule has 0 aliphatic carbocycles. The van der Waals surface area contributed by atoms with E-state index in [4.69, 9.17) is 10.2 Å². The molecule has 0 spiro atoms. The summed E-state index contributed by atoms with van der Waals surface area (Å²) < 4.78 is 12.1. The normalized spacial score (nSPS) is 10.0. The van der Waals surface area contributed by atoms with Gasteiger partial charge in [-0.3, -0.25) is 4.57 Å². The Hall–Kier alpha value is -1.86. The first-order valence-corrected chi connectivity index (χ1v) is 5.98. The maximum Gasteiger partial charge on any atom is 0.136 e. The van der Waals surface area contributed by atoms with Crippen LogP contribution in [0.15, 0.2) is 48.5 Å². The van der Waals surface area contributed by atoms with E-state index in [-0.39, 0.29) is 11.5 Å². The summed E-state index contributed by atoms with van der Waals surface area (Å²) in [6.07, 6.45) is 0. The smallest absolute Gasteiger partial charge is 0.136 e. The van der Waals surface area contributed by atoms with E-state index >= 15 is 0 Å². The van der Waals surface area contributed by atoms with Crippen LogP contribution in [0.2, 0.25) is 0 Å². The molecular weight excluding hydrogens is 223 g/mol. The van der Waals surface area contributed by atoms with Gasteiger partial charge in [0, 0.05) is 10.6 Å². The Balaban J connectivity index is 2.32. The van der Waals surface area contributed by atoms with E-state index in [0.29, 0.717) is 10.6 Å². The molecule has 0 amide bonds. The lowest BCUT2D eigenvalue weighted by molar-refractivity contribution is 0.475. The number of phenolic OH excluding ortho intramolecular Hbond substituents is 2. The summed E-state index contributed by atoms with van der Waals surface area (Å²) in [6, 6.07) is 12.5. The minimum Gasteiger partial charge on any atom is -0.508 e. The zero-order valence-electron chi connectivity index (χ0n) is 8.37. The molecule has 0 fully saturated rings. The number of rotatable bonds is 2. The summed E-state index contributed by atoms with van der Waals surface area (Å²) in [6.45, 7) is 0. The van der Waals surface area contributed by atoms with Crippen LogP contribution < -0.4 is 10.6 Å². The molecule has 0 atom stereocenters. The van der Waals surface area contributed by atoms with Crippen LogP contribution in [0.5, 0.6) is 11.5 Å². The molecule has 2 N–H and O–H groups in total. The third kappa shape index (κ3) is 2.20. The molecular formula is C12H10O3P. The highest BCUT2D eigenvalue weighted by Crippen LogP contribution is 2.21. The van der Waals surface area contributed by atoms with Gasteiger partial charge in [0.05, 0.1) is 0 Å². The van der Waals surface area contributed by atoms with Crippen molar-refractivity contribution in [2.75, 3.05) is 0 Å². The third-order valence-corrected chi connectivity index (χ3v) is 3.70. The van der Waals surface area contributed by atoms with Crippen molar-refractivity contribution in [3.63, 3.8) is 0 Å². The van der Waals surface area contributed by atoms with E-state index < -0.39 is 7.80 Å². The Kier molecular flexibility index (Phi) is 2.88. The van der Waals surface area contributed by atoms with E-state index in [0.717, 1.165) is 0 Å². The molecule has 16 heavy (non-hydrogen) atoms. The standard InChI is InChI=1S/C12H10O3P/c13-9-1-5-11(6-2-9)16(15)12-7-3-10(14)4-8-12/h1-8,13-14H. The van der Waals surface area contributed by atoms with Crippen LogP contribution in [-0.2, 0) is 4.57 Å². The van der Waals surface area contributed by atoms with E-state index in [1.54, 1.807) is 24.3 Å². The monoisotopic (exact) mass is 233 g/mol. The molecule has 0 bridgehead atoms. The van der Waals surface area contributed by atoms with Crippen LogP contribution in [0.3, 0.4) is 0 Å². The molecule has 0 heterocycles. The maximum absolute atomic E-state index is 12.1. The van der Waals surface area contributed by atoms with Crippen LogP contribution in [0.1, 0.15) is 0 Å². The number of benzene rings is 2. The topological polar surface area (TPSA) is 57.5 Å². The molecule has 0 aliphatic rings. The van der Waals surface area contributed by atoms with Crippen molar-refractivity contribution < 1.29 is 14.8 Å². The van der Waals surface area contributed by atoms with E-state index in [1.807, 2.05) is 0 Å². The molecule has 4 heteroatoms. The molecule has 0 saturated heterocycles. The molecule has 2 aromatic rings. The van der Waals surface area contributed by atoms with Gasteiger partial charge in [0.2, 0.25) is 0 Å². The molecule has 1 radical (unpaired) electrons. The molecule has 2 rings (SSSR count). The van der Waals surface area contributed by atoms with Crippen LogP contribution in [-0.4, -0.2) is 10.2 Å². The number of hydrogen-bond donors (Lipinski definition) is 2. The largest absolute Gasteiger partial charge is 0.508 e. The van der Waals surface area contributed by atoms with Gasteiger partial charge >= 0.3 is 0 Å². The summed E-state index contributed by atoms with van der Waals surface area (Å²) >= 11 is 0. The van der Waals surface area contributed by atoms with Crippen molar-refractivity contribution in [2.45, 2.75) is 0 Å². The molecule has 0 saturated carbocycles. The predicted octanol–water partition coefficient (Wildman–Crippen LogP) is 1.88. The molecule has 0 aliphatic heterocycles. The second-order valence-electron chi connectivity index (χ2n) is 3.33. The van der Waals surface area contributed by atoms with E-state index in [1.165, 1.54) is 24.3 Å². The zero-order chi connectivity index (χ0) is 11.5. The van der Waals surface area contributed by atoms with Gasteiger partial charge in [0.25, 0.3) is 0 Å². The van der Waals surface area contributed by atoms with Gasteiger partial charge < -0.3 is 10.2 Å². The van der Waals surface area contributed by atoms with Crippen LogP contribution >= 0.6 is 7.80 Å². The summed E-state index contributed by atoms with van der Waals surface area (Å²) in [4.78, 5) is 0. The Morgan fingerprint density at radius 3 is 1.31 bits per heavy atom. The SMILES string of the molecule is O=[P](c1ccc(O)cc1)c1ccc(O)cc1. The minimum atomic E-state index is -1.67. The molecule has 0 aromatic heterocycles. The van der Waals surface area contributed by atoms with Crippen molar-refractivity contribution in [3.8, 4) is 11.5 Å². The first kappa shape index (κ1) is 10.7. The fourth-order valence-electron chi connectivity index (χ4n) is 1.33. The quantitative estimate of drug-likeness (QED) is 0.778. The Morgan fingerprint density at radius 2 is 1.00 bits per heavy atom. The fourth-order valence-corrected chi connectivity index (χ4v) is 2.46. The van der Waals surface area contributed by atoms with E-state index in [2.05, 4.69) is 0 Å². The third-order valence-electron chi connectivity index (χ3n) is 2.17. The van der Waals surface area contributed by atoms with Crippen LogP contribution in [0.4, 0.5) is 0 Å². The Labute approximate surface area is 93.8 Å². The van der Waals surface area contributed by atoms with Crippen molar-refractivity contribution in [3.05, 3.63) is 48.5 Å². The van der Waals surface area contributed by atoms with Crippen LogP contribution in [0, 0.1) is 0 Å². The number of hydrogen-bond acceptors (Lipinski definition) is 3. The van der Waals surface area contributed by atoms with Crippen molar-refractivity contribution in [2.24, 2.45) is 0 Å². The summed E-state index contributed by atoms with van der Waals surface area (Å²) in [7, 11) is -1.67. The second kappa shape index (κ2) is 4.33. The van der Waals surface area contributed by atoms with Crippen molar-refractivity contribution in [1.29, 1.82) is 0 Å². The van der Waals surface area contributed by atoms with Gasteiger partial charge in [-0.05, 0) is 48.5 Å². The zero-order valence-corrected chi connectivity index (χ0v) is 9.26. The van der Waals surface area contributed by atoms with Gasteiger partial charge in [-0.25, -0.2) is 0 Å². The number of aromatic hydroxyl groups is 2. The lowest BCUT2D eigenvalue weighted by atomic mass is 10.3. The van der Waals surface area contributed by atoms with Crippen molar-refractivity contribution >= 4 is 18.4 Å². The molecule has 0 unspecified atom stereocenters. The van der Waals surface area contributed by atoms with Gasteiger partial charge in [-0.2, -0.15) is 0 Å². The highest BCUT2D eigenvalue weighted by Gasteiger charge is 2.07. The molecule has 3 nitrogen and oxygen atoms in total. The van der Waals surface area contributed by atoms with Gasteiger partial charge in [-0.15, -0.1) is 0 Å². The summed E-state index contributed by atoms with van der Waals surface area (Å²) in [5.74, 6) is 0.302. The molecule has 81 valence electrons. The average Bonchev–Trinajstić information content (AvgIpc) is 2.30. The first-order chi connectivity index (χ1) is 7.66. The lowest BCUT2D eigenvalue weighted by Crippen LogP contribution is -2.05. The number of phenols is 2. The average molecular weight is 233 g/mol. The maximum atomic E-state index is 12.1. The first-order valence-electron chi connectivity index (χ1n) is 4.72. The molecule has 2 aromatic carbocycles. The summed E-state index contributed by atoms with van der Waals surface area (Å²) in [5, 5.41) is 19.5. The highest BCUT2D eigenvalue weighted by atomic mass is 31.1. The second-order valence-corrected chi connectivity index (χ2v) is 4.95. The Morgan fingerprint density at radius 1 is 0.688 bits per heavy atom. The highest BCUT2D eigenvalue weighted by molar-refractivity contribution is 7.61. The van der Waals surface area contributed by atoms with Gasteiger partial charge in [0.15, 0.2) is 0 Å². The Bertz CT molecular complexity index is 455. The fraction of sp³-hybridized carbons (Fsp3) is 0. The lowest BCUT2D eigenvalue weighted by Gasteiger charge is -2.01. The van der Waals surface area contributed by atoms with Crippen molar-refractivity contribution in [1.82, 2.24) is 0 Å². The van der Waals surface area contributed by atoms with Crippen LogP contribution in [0.25, 0.3) is 0 Å². The van der Waals surface area contributed by atoms with Gasteiger partial charge in [0.1, 0.15) is 19.3 Å².